The fraction of sp³-hybridized carbons (Fsp3) is 0.320. The minimum atomic E-state index is -0.863. The number of allylic oxidation sites excluding steroid dienone is 1. The lowest BCUT2D eigenvalue weighted by molar-refractivity contribution is -0.138. The summed E-state index contributed by atoms with van der Waals surface area (Å²) in [5.41, 5.74) is 2.54. The van der Waals surface area contributed by atoms with Gasteiger partial charge in [-0.25, -0.2) is 4.98 Å². The predicted octanol–water partition coefficient (Wildman–Crippen LogP) is 3.95. The molecule has 0 radical (unpaired) electrons. The van der Waals surface area contributed by atoms with Gasteiger partial charge in [0.25, 0.3) is 5.91 Å². The minimum Gasteiger partial charge on any atom is -0.493 e. The summed E-state index contributed by atoms with van der Waals surface area (Å²) in [6, 6.07) is 13.2. The van der Waals surface area contributed by atoms with Gasteiger partial charge in [-0.05, 0) is 47.9 Å². The molecule has 1 fully saturated rings. The van der Waals surface area contributed by atoms with Crippen LogP contribution in [0, 0.1) is 0 Å². The van der Waals surface area contributed by atoms with Crippen LogP contribution in [0.15, 0.2) is 42.5 Å². The van der Waals surface area contributed by atoms with Crippen molar-refractivity contribution < 1.29 is 28.9 Å². The van der Waals surface area contributed by atoms with E-state index in [1.54, 1.807) is 18.1 Å². The Bertz CT molecular complexity index is 1170. The fourth-order valence-corrected chi connectivity index (χ4v) is 4.64. The van der Waals surface area contributed by atoms with Gasteiger partial charge in [0.05, 0.1) is 30.5 Å². The number of carbonyl (C=O) groups is 2. The van der Waals surface area contributed by atoms with Crippen molar-refractivity contribution in [1.82, 2.24) is 9.88 Å². The van der Waals surface area contributed by atoms with E-state index in [2.05, 4.69) is 0 Å². The van der Waals surface area contributed by atoms with Crippen LogP contribution in [0.3, 0.4) is 0 Å². The Morgan fingerprint density at radius 3 is 2.68 bits per heavy atom. The summed E-state index contributed by atoms with van der Waals surface area (Å²) in [6.45, 7) is 2.12. The third-order valence-electron chi connectivity index (χ3n) is 5.42. The van der Waals surface area contributed by atoms with E-state index < -0.39 is 5.97 Å². The van der Waals surface area contributed by atoms with Crippen molar-refractivity contribution in [1.29, 1.82) is 0 Å². The number of nitrogens with zero attached hydrogens (tertiary/aromatic N) is 2. The maximum atomic E-state index is 12.4. The maximum absolute atomic E-state index is 12.4. The molecule has 1 saturated heterocycles. The number of ether oxygens (including phenoxy) is 3. The van der Waals surface area contributed by atoms with Crippen molar-refractivity contribution in [3.05, 3.63) is 53.0 Å². The van der Waals surface area contributed by atoms with Gasteiger partial charge in [-0.1, -0.05) is 18.2 Å². The molecule has 178 valence electrons. The average Bonchev–Trinajstić information content (AvgIpc) is 3.30. The summed E-state index contributed by atoms with van der Waals surface area (Å²) in [7, 11) is 1.54. The van der Waals surface area contributed by atoms with Crippen LogP contribution < -0.4 is 9.47 Å². The fourth-order valence-electron chi connectivity index (χ4n) is 3.63. The first-order chi connectivity index (χ1) is 16.5. The number of carboxylic acid groups (broad SMARTS) is 1. The number of rotatable bonds is 9. The zero-order valence-corrected chi connectivity index (χ0v) is 19.7. The summed E-state index contributed by atoms with van der Waals surface area (Å²) < 4.78 is 17.6. The second-order valence-electron chi connectivity index (χ2n) is 7.74. The molecule has 0 bridgehead atoms. The van der Waals surface area contributed by atoms with Crippen LogP contribution in [-0.4, -0.2) is 66.9 Å². The van der Waals surface area contributed by atoms with Gasteiger partial charge in [0, 0.05) is 19.5 Å². The van der Waals surface area contributed by atoms with Crippen LogP contribution in [0.4, 0.5) is 0 Å². The van der Waals surface area contributed by atoms with Gasteiger partial charge in [0.15, 0.2) is 18.1 Å². The highest BCUT2D eigenvalue weighted by molar-refractivity contribution is 7.19. The second kappa shape index (κ2) is 11.1. The lowest BCUT2D eigenvalue weighted by Gasteiger charge is -2.26. The molecule has 0 atom stereocenters. The molecule has 1 aliphatic rings. The summed E-state index contributed by atoms with van der Waals surface area (Å²) >= 11 is 1.53. The number of hydrogen-bond donors (Lipinski definition) is 1. The van der Waals surface area contributed by atoms with E-state index in [1.807, 2.05) is 42.5 Å². The van der Waals surface area contributed by atoms with Crippen LogP contribution >= 0.6 is 11.3 Å². The molecule has 0 spiro atoms. The summed E-state index contributed by atoms with van der Waals surface area (Å²) in [5.74, 6) is -0.00172. The van der Waals surface area contributed by atoms with Crippen molar-refractivity contribution in [2.24, 2.45) is 0 Å². The van der Waals surface area contributed by atoms with Crippen molar-refractivity contribution in [2.45, 2.75) is 12.8 Å². The highest BCUT2D eigenvalue weighted by atomic mass is 32.1. The predicted molar refractivity (Wildman–Crippen MR) is 130 cm³/mol. The first-order valence-corrected chi connectivity index (χ1v) is 11.8. The zero-order chi connectivity index (χ0) is 23.9. The van der Waals surface area contributed by atoms with E-state index >= 15 is 0 Å². The van der Waals surface area contributed by atoms with Crippen molar-refractivity contribution in [3.63, 3.8) is 0 Å². The largest absolute Gasteiger partial charge is 0.493 e. The van der Waals surface area contributed by atoms with Gasteiger partial charge in [-0.3, -0.25) is 9.59 Å². The lowest BCUT2D eigenvalue weighted by Crippen LogP contribution is -2.43. The Labute approximate surface area is 201 Å². The highest BCUT2D eigenvalue weighted by Gasteiger charge is 2.18. The van der Waals surface area contributed by atoms with E-state index in [9.17, 15) is 14.7 Å². The molecule has 2 heterocycles. The quantitative estimate of drug-likeness (QED) is 0.493. The topological polar surface area (TPSA) is 98.2 Å². The first kappa shape index (κ1) is 23.7. The Morgan fingerprint density at radius 2 is 1.94 bits per heavy atom. The van der Waals surface area contributed by atoms with Gasteiger partial charge in [0.2, 0.25) is 0 Å². The highest BCUT2D eigenvalue weighted by Crippen LogP contribution is 2.33. The number of aliphatic carboxylic acids is 1. The maximum Gasteiger partial charge on any atom is 0.303 e. The first-order valence-electron chi connectivity index (χ1n) is 11.0. The van der Waals surface area contributed by atoms with Crippen LogP contribution in [-0.2, 0) is 14.3 Å². The Kier molecular flexibility index (Phi) is 7.76. The number of benzene rings is 2. The molecule has 1 aromatic heterocycles. The average molecular weight is 483 g/mol. The molecule has 2 aromatic carbocycles. The Morgan fingerprint density at radius 1 is 1.15 bits per heavy atom. The van der Waals surface area contributed by atoms with Crippen molar-refractivity contribution >= 4 is 45.1 Å². The standard InChI is InChI=1S/C25H26N2O6S/c1-31-21-15-17(6-8-20(21)33-16-23(28)27-10-12-32-13-11-27)14-18(7-9-24(29)30)25-26-19-4-2-3-5-22(19)34-25/h2-6,8,14-15H,7,9-13,16H2,1H3,(H,29,30)/b18-14-. The third-order valence-corrected chi connectivity index (χ3v) is 6.53. The van der Waals surface area contributed by atoms with Crippen LogP contribution in [0.2, 0.25) is 0 Å². The van der Waals surface area contributed by atoms with E-state index in [1.165, 1.54) is 11.3 Å². The van der Waals surface area contributed by atoms with E-state index in [0.717, 1.165) is 26.4 Å². The molecule has 8 nitrogen and oxygen atoms in total. The molecule has 4 rings (SSSR count). The number of carbonyl (C=O) groups excluding carboxylic acids is 1. The Hall–Kier alpha value is -3.43. The van der Waals surface area contributed by atoms with Crippen molar-refractivity contribution in [2.75, 3.05) is 40.0 Å². The minimum absolute atomic E-state index is 0.00371. The number of morpholine rings is 1. The van der Waals surface area contributed by atoms with Gasteiger partial charge in [0.1, 0.15) is 5.01 Å². The van der Waals surface area contributed by atoms with Gasteiger partial charge >= 0.3 is 5.97 Å². The number of amides is 1. The number of para-hydroxylation sites is 1. The third kappa shape index (κ3) is 5.92. The number of hydrogen-bond acceptors (Lipinski definition) is 7. The lowest BCUT2D eigenvalue weighted by atomic mass is 10.1. The van der Waals surface area contributed by atoms with Crippen LogP contribution in [0.25, 0.3) is 21.9 Å². The smallest absolute Gasteiger partial charge is 0.303 e. The molecule has 9 heteroatoms. The van der Waals surface area contributed by atoms with E-state index in [-0.39, 0.29) is 18.9 Å². The SMILES string of the molecule is COc1cc(/C=C(/CCC(=O)O)c2nc3ccccc3s2)ccc1OCC(=O)N1CCOCC1. The summed E-state index contributed by atoms with van der Waals surface area (Å²) in [5, 5.41) is 10.0. The molecule has 1 aliphatic heterocycles. The molecule has 0 saturated carbocycles. The number of carboxylic acids is 1. The van der Waals surface area contributed by atoms with Gasteiger partial charge < -0.3 is 24.2 Å². The molecule has 1 N–H and O–H groups in total. The van der Waals surface area contributed by atoms with Gasteiger partial charge in [-0.2, -0.15) is 0 Å². The number of aromatic nitrogens is 1. The number of thiazole rings is 1. The van der Waals surface area contributed by atoms with E-state index in [0.29, 0.717) is 44.2 Å². The molecular formula is C25H26N2O6S. The molecule has 3 aromatic rings. The van der Waals surface area contributed by atoms with Crippen LogP contribution in [0.1, 0.15) is 23.4 Å². The van der Waals surface area contributed by atoms with E-state index in [4.69, 9.17) is 19.2 Å². The normalized spacial score (nSPS) is 14.3. The molecule has 0 unspecified atom stereocenters. The molecule has 34 heavy (non-hydrogen) atoms. The van der Waals surface area contributed by atoms with Gasteiger partial charge in [-0.15, -0.1) is 11.3 Å². The number of methoxy groups -OCH3 is 1. The number of fused-ring (bicyclic) bond motifs is 1. The van der Waals surface area contributed by atoms with Crippen molar-refractivity contribution in [3.8, 4) is 11.5 Å². The molecule has 1 amide bonds. The summed E-state index contributed by atoms with van der Waals surface area (Å²) in [6.07, 6.45) is 2.28. The summed E-state index contributed by atoms with van der Waals surface area (Å²) in [4.78, 5) is 30.0. The Balaban J connectivity index is 1.54. The monoisotopic (exact) mass is 482 g/mol. The molecule has 0 aliphatic carbocycles. The van der Waals surface area contributed by atoms with Crippen LogP contribution in [0.5, 0.6) is 11.5 Å². The zero-order valence-electron chi connectivity index (χ0n) is 18.9. The molecular weight excluding hydrogens is 456 g/mol. The second-order valence-corrected chi connectivity index (χ2v) is 8.77.